The predicted molar refractivity (Wildman–Crippen MR) is 152 cm³/mol. The van der Waals surface area contributed by atoms with E-state index in [1.54, 1.807) is 26.0 Å². The molecule has 9 nitrogen and oxygen atoms in total. The second-order valence-corrected chi connectivity index (χ2v) is 13.5. The molecule has 1 aliphatic heterocycles. The number of hydrogen-bond acceptors (Lipinski definition) is 8. The summed E-state index contributed by atoms with van der Waals surface area (Å²) in [6, 6.07) is 8.90. The first-order chi connectivity index (χ1) is 18.8. The van der Waals surface area contributed by atoms with Crippen LogP contribution in [-0.2, 0) is 21.4 Å². The first kappa shape index (κ1) is 29.7. The summed E-state index contributed by atoms with van der Waals surface area (Å²) < 4.78 is 40.3. The first-order valence-corrected chi connectivity index (χ1v) is 15.2. The molecule has 1 N–H and O–H groups in total. The number of ketones is 1. The van der Waals surface area contributed by atoms with Crippen molar-refractivity contribution in [3.8, 4) is 11.5 Å². The van der Waals surface area contributed by atoms with E-state index in [2.05, 4.69) is 4.98 Å². The van der Waals surface area contributed by atoms with E-state index >= 15 is 0 Å². The van der Waals surface area contributed by atoms with Crippen LogP contribution in [0.25, 0.3) is 0 Å². The Morgan fingerprint density at radius 1 is 1.27 bits per heavy atom. The molecule has 0 aliphatic carbocycles. The van der Waals surface area contributed by atoms with Crippen molar-refractivity contribution in [3.63, 3.8) is 0 Å². The Bertz CT molecular complexity index is 1550. The van der Waals surface area contributed by atoms with Gasteiger partial charge in [-0.25, -0.2) is 8.42 Å². The van der Waals surface area contributed by atoms with Crippen LogP contribution in [0.2, 0.25) is 0 Å². The topological polar surface area (TPSA) is 123 Å². The number of hydrogen-bond donors (Lipinski definition) is 1. The van der Waals surface area contributed by atoms with E-state index in [-0.39, 0.29) is 35.6 Å². The highest BCUT2D eigenvalue weighted by atomic mass is 32.2. The lowest BCUT2D eigenvalue weighted by atomic mass is 9.73. The summed E-state index contributed by atoms with van der Waals surface area (Å²) in [6.07, 6.45) is 3.08. The lowest BCUT2D eigenvalue weighted by Gasteiger charge is -2.31. The lowest BCUT2D eigenvalue weighted by Crippen LogP contribution is -2.36. The number of fused-ring (bicyclic) bond motifs is 1. The lowest BCUT2D eigenvalue weighted by molar-refractivity contribution is -0.147. The van der Waals surface area contributed by atoms with Crippen molar-refractivity contribution in [2.24, 2.45) is 5.41 Å². The number of ether oxygens (including phenoxy) is 2. The van der Waals surface area contributed by atoms with E-state index in [0.717, 1.165) is 11.1 Å². The number of rotatable bonds is 9. The van der Waals surface area contributed by atoms with Gasteiger partial charge in [-0.1, -0.05) is 25.1 Å². The molecule has 0 bridgehead atoms. The minimum Gasteiger partial charge on any atom is -0.495 e. The molecule has 0 fully saturated rings. The molecule has 214 valence electrons. The molecule has 0 amide bonds. The van der Waals surface area contributed by atoms with Crippen molar-refractivity contribution in [3.05, 3.63) is 69.2 Å². The quantitative estimate of drug-likeness (QED) is 0.337. The third-order valence-electron chi connectivity index (χ3n) is 7.39. The number of thiophene rings is 1. The number of aryl methyl sites for hydroxylation is 1. The maximum absolute atomic E-state index is 13.7. The average Bonchev–Trinajstić information content (AvgIpc) is 3.29. The fourth-order valence-electron chi connectivity index (χ4n) is 4.92. The number of methoxy groups -OCH3 is 1. The number of pyridine rings is 1. The zero-order valence-corrected chi connectivity index (χ0v) is 25.1. The average molecular weight is 587 g/mol. The Labute approximate surface area is 238 Å². The van der Waals surface area contributed by atoms with Gasteiger partial charge >= 0.3 is 5.97 Å². The number of carbonyl (C=O) groups is 2. The van der Waals surface area contributed by atoms with Crippen molar-refractivity contribution < 1.29 is 32.6 Å². The minimum absolute atomic E-state index is 0.0205. The van der Waals surface area contributed by atoms with Gasteiger partial charge in [0.25, 0.3) is 0 Å². The second-order valence-electron chi connectivity index (χ2n) is 10.5. The predicted octanol–water partition coefficient (Wildman–Crippen LogP) is 5.27. The van der Waals surface area contributed by atoms with Crippen molar-refractivity contribution in [2.45, 2.75) is 64.5 Å². The highest BCUT2D eigenvalue weighted by Gasteiger charge is 2.41. The van der Waals surface area contributed by atoms with E-state index in [0.29, 0.717) is 27.5 Å². The van der Waals surface area contributed by atoms with Crippen molar-refractivity contribution >= 4 is 33.1 Å². The van der Waals surface area contributed by atoms with E-state index in [4.69, 9.17) is 9.47 Å². The molecule has 0 saturated carbocycles. The third-order valence-corrected chi connectivity index (χ3v) is 10.5. The molecule has 1 aromatic carbocycles. The van der Waals surface area contributed by atoms with E-state index in [1.165, 1.54) is 42.1 Å². The fourth-order valence-corrected chi connectivity index (χ4v) is 7.78. The third kappa shape index (κ3) is 5.50. The molecule has 2 atom stereocenters. The van der Waals surface area contributed by atoms with Crippen LogP contribution in [-0.4, -0.2) is 54.3 Å². The number of carbonyl (C=O) groups excluding carboxylic acids is 1. The number of aliphatic carboxylic acids is 1. The molecular formula is C29H34N2O7S2. The molecule has 1 aliphatic rings. The minimum atomic E-state index is -3.92. The van der Waals surface area contributed by atoms with Crippen LogP contribution in [0.3, 0.4) is 0 Å². The van der Waals surface area contributed by atoms with Crippen molar-refractivity contribution in [2.75, 3.05) is 13.7 Å². The Morgan fingerprint density at radius 2 is 2.00 bits per heavy atom. The molecule has 11 heteroatoms. The highest BCUT2D eigenvalue weighted by molar-refractivity contribution is 7.89. The van der Waals surface area contributed by atoms with Gasteiger partial charge in [0.05, 0.1) is 25.3 Å². The smallest absolute Gasteiger partial charge is 0.310 e. The number of nitrogens with zero attached hydrogens (tertiary/aromatic N) is 2. The molecule has 0 radical (unpaired) electrons. The van der Waals surface area contributed by atoms with Crippen LogP contribution in [0.5, 0.6) is 11.5 Å². The van der Waals surface area contributed by atoms with Gasteiger partial charge in [-0.3, -0.25) is 14.6 Å². The summed E-state index contributed by atoms with van der Waals surface area (Å²) in [4.78, 5) is 29.9. The van der Waals surface area contributed by atoms with Crippen LogP contribution >= 0.6 is 11.3 Å². The zero-order valence-electron chi connectivity index (χ0n) is 23.4. The Hall–Kier alpha value is -3.28. The van der Waals surface area contributed by atoms with Gasteiger partial charge in [0.15, 0.2) is 5.78 Å². The molecule has 3 heterocycles. The maximum atomic E-state index is 13.7. The van der Waals surface area contributed by atoms with Gasteiger partial charge in [0.1, 0.15) is 27.4 Å². The van der Waals surface area contributed by atoms with Gasteiger partial charge in [0.2, 0.25) is 10.0 Å². The Morgan fingerprint density at radius 3 is 2.60 bits per heavy atom. The SMILES string of the molecule is CC[C@@H]1CN(Cc2cc(C(c3cc(OC)c(C(C)=O)s3)C(C)(C)C(=O)O)ccc2C)S(=O)(=O)c2cnccc2O1. The maximum Gasteiger partial charge on any atom is 0.310 e. The Balaban J connectivity index is 1.82. The number of benzene rings is 1. The molecule has 4 rings (SSSR count). The van der Waals surface area contributed by atoms with Crippen molar-refractivity contribution in [1.29, 1.82) is 0 Å². The second kappa shape index (κ2) is 11.3. The molecule has 3 aromatic rings. The van der Waals surface area contributed by atoms with Crippen LogP contribution in [0.15, 0.2) is 47.6 Å². The molecule has 0 spiro atoms. The number of Topliss-reactive ketones (excluding diaryl/α,β-unsaturated/α-hetero) is 1. The summed E-state index contributed by atoms with van der Waals surface area (Å²) in [5.41, 5.74) is 1.05. The molecular weight excluding hydrogens is 552 g/mol. The van der Waals surface area contributed by atoms with Gasteiger partial charge < -0.3 is 14.6 Å². The number of aromatic nitrogens is 1. The first-order valence-electron chi connectivity index (χ1n) is 12.9. The van der Waals surface area contributed by atoms with Crippen molar-refractivity contribution in [1.82, 2.24) is 9.29 Å². The fraction of sp³-hybridized carbons (Fsp3) is 0.414. The summed E-state index contributed by atoms with van der Waals surface area (Å²) in [5.74, 6) is -1.11. The molecule has 1 unspecified atom stereocenters. The monoisotopic (exact) mass is 586 g/mol. The van der Waals surface area contributed by atoms with Gasteiger partial charge in [0, 0.05) is 30.5 Å². The largest absolute Gasteiger partial charge is 0.495 e. The van der Waals surface area contributed by atoms with E-state index < -0.39 is 27.3 Å². The van der Waals surface area contributed by atoms with Crippen LogP contribution in [0.1, 0.15) is 71.3 Å². The summed E-state index contributed by atoms with van der Waals surface area (Å²) in [6.45, 7) is 8.80. The Kier molecular flexibility index (Phi) is 8.39. The standard InChI is InChI=1S/C29H34N2O7S2/c1-7-21-16-31(40(35,36)25-14-30-11-10-22(25)38-21)15-20-12-19(9-8-17(20)2)26(29(4,5)28(33)34)24-13-23(37-6)27(39-24)18(3)32/h8-14,21,26H,7,15-16H2,1-6H3,(H,33,34)/t21-,26?/m1/s1. The van der Waals surface area contributed by atoms with Crippen LogP contribution in [0, 0.1) is 12.3 Å². The number of carboxylic acid groups (broad SMARTS) is 1. The molecule has 2 aromatic heterocycles. The van der Waals surface area contributed by atoms with E-state index in [1.807, 2.05) is 32.0 Å². The number of sulfonamides is 1. The normalized spacial score (nSPS) is 17.8. The van der Waals surface area contributed by atoms with Crippen LogP contribution in [0.4, 0.5) is 0 Å². The molecule has 0 saturated heterocycles. The summed E-state index contributed by atoms with van der Waals surface area (Å²) in [7, 11) is -2.45. The van der Waals surface area contributed by atoms with E-state index in [9.17, 15) is 23.1 Å². The summed E-state index contributed by atoms with van der Waals surface area (Å²) >= 11 is 1.22. The van der Waals surface area contributed by atoms with Gasteiger partial charge in [-0.15, -0.1) is 11.3 Å². The van der Waals surface area contributed by atoms with Crippen LogP contribution < -0.4 is 9.47 Å². The van der Waals surface area contributed by atoms with Gasteiger partial charge in [-0.2, -0.15) is 4.31 Å². The van der Waals surface area contributed by atoms with Gasteiger partial charge in [-0.05, 0) is 56.0 Å². The number of carboxylic acids is 1. The molecule has 40 heavy (non-hydrogen) atoms. The summed E-state index contributed by atoms with van der Waals surface area (Å²) in [5, 5.41) is 10.2. The highest BCUT2D eigenvalue weighted by Crippen LogP contribution is 2.47. The zero-order chi connectivity index (χ0) is 29.4.